The van der Waals surface area contributed by atoms with E-state index < -0.39 is 42.3 Å². The monoisotopic (exact) mass is 461 g/mol. The lowest BCUT2D eigenvalue weighted by molar-refractivity contribution is 0.300. The fraction of sp³-hybridized carbons (Fsp3) is 0.647. The summed E-state index contributed by atoms with van der Waals surface area (Å²) in [5.74, 6) is 0.0211. The SMILES string of the molecule is C[Si](C)(C)O[Si](C)(C)O[Si](C)(C)O[Si](C)(C)O[Si](C)(C)c1ccc([O])cc1. The summed E-state index contributed by atoms with van der Waals surface area (Å²) in [5, 5.41) is 12.5. The van der Waals surface area contributed by atoms with Gasteiger partial charge in [0.1, 0.15) is 0 Å². The molecule has 0 N–H and O–H groups in total. The molecule has 27 heavy (non-hydrogen) atoms. The van der Waals surface area contributed by atoms with Crippen molar-refractivity contribution >= 4 is 47.5 Å². The maximum atomic E-state index is 11.4. The van der Waals surface area contributed by atoms with Crippen LogP contribution < -0.4 is 5.19 Å². The smallest absolute Gasteiger partial charge is 0.314 e. The molecule has 0 bridgehead atoms. The molecule has 0 aliphatic rings. The van der Waals surface area contributed by atoms with Gasteiger partial charge in [-0.15, -0.1) is 0 Å². The largest absolute Gasteiger partial charge is 0.437 e. The van der Waals surface area contributed by atoms with Crippen molar-refractivity contribution in [3.05, 3.63) is 24.3 Å². The van der Waals surface area contributed by atoms with Crippen LogP contribution in [-0.2, 0) is 21.6 Å². The summed E-state index contributed by atoms with van der Waals surface area (Å²) in [4.78, 5) is 0. The first-order valence-corrected chi connectivity index (χ1v) is 24.2. The maximum absolute atomic E-state index is 11.4. The van der Waals surface area contributed by atoms with Crippen LogP contribution in [0.4, 0.5) is 0 Å². The third kappa shape index (κ3) is 9.32. The number of hydrogen-bond donors (Lipinski definition) is 0. The first-order valence-electron chi connectivity index (χ1n) is 9.41. The van der Waals surface area contributed by atoms with Crippen LogP contribution in [-0.4, -0.2) is 42.3 Å². The summed E-state index contributed by atoms with van der Waals surface area (Å²) in [5.41, 5.74) is 0. The molecule has 0 spiro atoms. The predicted octanol–water partition coefficient (Wildman–Crippen LogP) is 5.25. The quantitative estimate of drug-likeness (QED) is 0.471. The molecule has 0 aliphatic heterocycles. The minimum Gasteiger partial charge on any atom is -0.437 e. The highest BCUT2D eigenvalue weighted by atomic mass is 28.5. The molecular weight excluding hydrogens is 425 g/mol. The van der Waals surface area contributed by atoms with Gasteiger partial charge in [-0.25, -0.2) is 0 Å². The Labute approximate surface area is 171 Å². The van der Waals surface area contributed by atoms with Gasteiger partial charge < -0.3 is 16.5 Å². The Morgan fingerprint density at radius 3 is 1.33 bits per heavy atom. The highest BCUT2D eigenvalue weighted by Gasteiger charge is 2.45. The lowest BCUT2D eigenvalue weighted by atomic mass is 10.3. The zero-order valence-electron chi connectivity index (χ0n) is 18.9. The molecule has 0 atom stereocenters. The standard InChI is InChI=1S/C17H37O5Si5/c1-23(2,3)19-25(6,7)21-27(10,11)22-26(8,9)20-24(4,5)17-14-12-16(18)13-15-17/h12-15H,1-11H3. The Bertz CT molecular complexity index is 624. The van der Waals surface area contributed by atoms with Crippen molar-refractivity contribution in [2.45, 2.75) is 72.0 Å². The Kier molecular flexibility index (Phi) is 7.73. The molecule has 5 nitrogen and oxygen atoms in total. The highest BCUT2D eigenvalue weighted by molar-refractivity contribution is 6.93. The first kappa shape index (κ1) is 25.0. The topological polar surface area (TPSA) is 56.8 Å². The third-order valence-electron chi connectivity index (χ3n) is 3.59. The van der Waals surface area contributed by atoms with E-state index in [0.717, 1.165) is 5.19 Å². The van der Waals surface area contributed by atoms with Gasteiger partial charge >= 0.3 is 25.7 Å². The van der Waals surface area contributed by atoms with E-state index in [1.54, 1.807) is 12.1 Å². The molecule has 155 valence electrons. The van der Waals surface area contributed by atoms with Gasteiger partial charge in [0.05, 0.1) is 0 Å². The maximum Gasteiger partial charge on any atom is 0.314 e. The van der Waals surface area contributed by atoms with Gasteiger partial charge in [0.25, 0.3) is 0 Å². The van der Waals surface area contributed by atoms with Gasteiger partial charge in [0.2, 0.25) is 8.32 Å². The molecule has 10 heteroatoms. The summed E-state index contributed by atoms with van der Waals surface area (Å²) < 4.78 is 25.9. The normalized spacial score (nSPS) is 14.5. The molecule has 1 rings (SSSR count). The fourth-order valence-corrected chi connectivity index (χ4v) is 26.9. The molecule has 0 aliphatic carbocycles. The molecule has 0 aromatic heterocycles. The minimum atomic E-state index is -2.43. The van der Waals surface area contributed by atoms with E-state index in [1.807, 2.05) is 12.1 Å². The Hall–Kier alpha value is -0.0556. The summed E-state index contributed by atoms with van der Waals surface area (Å²) in [6.07, 6.45) is 0. The van der Waals surface area contributed by atoms with E-state index in [9.17, 15) is 5.11 Å². The van der Waals surface area contributed by atoms with Gasteiger partial charge in [-0.2, -0.15) is 0 Å². The molecule has 0 saturated carbocycles. The first-order chi connectivity index (χ1) is 11.8. The Morgan fingerprint density at radius 1 is 0.556 bits per heavy atom. The van der Waals surface area contributed by atoms with Crippen LogP contribution in [0.3, 0.4) is 0 Å². The second kappa shape index (κ2) is 8.36. The van der Waals surface area contributed by atoms with Crippen LogP contribution in [0.25, 0.3) is 0 Å². The lowest BCUT2D eigenvalue weighted by Gasteiger charge is -2.42. The van der Waals surface area contributed by atoms with E-state index in [-0.39, 0.29) is 5.75 Å². The van der Waals surface area contributed by atoms with Crippen LogP contribution in [0, 0.1) is 0 Å². The van der Waals surface area contributed by atoms with Gasteiger partial charge in [-0.1, -0.05) is 12.1 Å². The van der Waals surface area contributed by atoms with Crippen LogP contribution in [0.15, 0.2) is 24.3 Å². The molecular formula is C17H37O5Si5. The predicted molar refractivity (Wildman–Crippen MR) is 124 cm³/mol. The zero-order valence-corrected chi connectivity index (χ0v) is 23.9. The van der Waals surface area contributed by atoms with Crippen molar-refractivity contribution in [3.63, 3.8) is 0 Å². The summed E-state index contributed by atoms with van der Waals surface area (Å²) in [7, 11) is -11.0. The average molecular weight is 462 g/mol. The van der Waals surface area contributed by atoms with E-state index in [2.05, 4.69) is 72.0 Å². The van der Waals surface area contributed by atoms with Crippen molar-refractivity contribution in [1.82, 2.24) is 0 Å². The molecule has 1 radical (unpaired) electrons. The van der Waals surface area contributed by atoms with Crippen LogP contribution >= 0.6 is 0 Å². The van der Waals surface area contributed by atoms with Gasteiger partial charge in [0, 0.05) is 0 Å². The Balaban J connectivity index is 2.86. The Morgan fingerprint density at radius 2 is 0.926 bits per heavy atom. The minimum absolute atomic E-state index is 0.0211. The van der Waals surface area contributed by atoms with Gasteiger partial charge in [-0.05, 0) is 89.3 Å². The second-order valence-corrected chi connectivity index (χ2v) is 29.2. The van der Waals surface area contributed by atoms with E-state index in [1.165, 1.54) is 0 Å². The van der Waals surface area contributed by atoms with Crippen molar-refractivity contribution < 1.29 is 21.6 Å². The van der Waals surface area contributed by atoms with E-state index in [0.29, 0.717) is 0 Å². The number of hydrogen-bond acceptors (Lipinski definition) is 4. The van der Waals surface area contributed by atoms with Crippen LogP contribution in [0.2, 0.25) is 72.0 Å². The van der Waals surface area contributed by atoms with Gasteiger partial charge in [-0.3, -0.25) is 5.11 Å². The fourth-order valence-electron chi connectivity index (χ4n) is 3.51. The molecule has 0 amide bonds. The number of rotatable bonds is 9. The zero-order chi connectivity index (χ0) is 21.3. The average Bonchev–Trinajstić information content (AvgIpc) is 2.30. The molecule has 0 saturated heterocycles. The molecule has 0 unspecified atom stereocenters. The molecule has 1 aromatic rings. The highest BCUT2D eigenvalue weighted by Crippen LogP contribution is 2.26. The van der Waals surface area contributed by atoms with Crippen molar-refractivity contribution in [2.75, 3.05) is 0 Å². The molecule has 0 fully saturated rings. The van der Waals surface area contributed by atoms with E-state index >= 15 is 0 Å². The van der Waals surface area contributed by atoms with Gasteiger partial charge in [0.15, 0.2) is 14.1 Å². The van der Waals surface area contributed by atoms with Crippen LogP contribution in [0.5, 0.6) is 5.75 Å². The van der Waals surface area contributed by atoms with Crippen molar-refractivity contribution in [1.29, 1.82) is 0 Å². The molecule has 0 heterocycles. The third-order valence-corrected chi connectivity index (χ3v) is 21.6. The number of benzene rings is 1. The molecule has 1 aromatic carbocycles. The van der Waals surface area contributed by atoms with Crippen LogP contribution in [0.1, 0.15) is 0 Å². The summed E-state index contributed by atoms with van der Waals surface area (Å²) in [6.45, 7) is 23.4. The summed E-state index contributed by atoms with van der Waals surface area (Å²) in [6, 6.07) is 6.98. The lowest BCUT2D eigenvalue weighted by Crippen LogP contribution is -2.60. The van der Waals surface area contributed by atoms with Crippen molar-refractivity contribution in [2.24, 2.45) is 0 Å². The van der Waals surface area contributed by atoms with E-state index in [4.69, 9.17) is 16.5 Å². The second-order valence-electron chi connectivity index (χ2n) is 9.75. The summed E-state index contributed by atoms with van der Waals surface area (Å²) >= 11 is 0. The van der Waals surface area contributed by atoms with Crippen molar-refractivity contribution in [3.8, 4) is 5.75 Å².